The Labute approximate surface area is 127 Å². The van der Waals surface area contributed by atoms with Crippen LogP contribution in [0.5, 0.6) is 0 Å². The molecule has 0 saturated carbocycles. The Bertz CT molecular complexity index is 445. The van der Waals surface area contributed by atoms with Crippen molar-refractivity contribution in [3.05, 3.63) is 24.8 Å². The first kappa shape index (κ1) is 15.1. The summed E-state index contributed by atoms with van der Waals surface area (Å²) >= 11 is 0. The van der Waals surface area contributed by atoms with Crippen molar-refractivity contribution in [2.75, 3.05) is 0 Å². The third kappa shape index (κ3) is 2.30. The average Bonchev–Trinajstić information content (AvgIpc) is 2.77. The molecule has 18 heavy (non-hydrogen) atoms. The molecule has 6 heteroatoms. The maximum absolute atomic E-state index is 12.0. The number of amides is 3. The number of hydrogen-bond donors (Lipinski definition) is 1. The van der Waals surface area contributed by atoms with Crippen molar-refractivity contribution in [1.82, 2.24) is 5.32 Å². The predicted molar refractivity (Wildman–Crippen MR) is 60.1 cm³/mol. The fraction of sp³-hybridized carbons (Fsp3) is 0.417. The van der Waals surface area contributed by atoms with E-state index in [0.29, 0.717) is 0 Å². The van der Waals surface area contributed by atoms with E-state index in [9.17, 15) is 14.7 Å². The third-order valence-corrected chi connectivity index (χ3v) is 3.32. The molecule has 2 atom stereocenters. The zero-order valence-electron chi connectivity index (χ0n) is 10.3. The zero-order valence-corrected chi connectivity index (χ0v) is 12.3. The van der Waals surface area contributed by atoms with Crippen LogP contribution in [0.1, 0.15) is 19.3 Å². The maximum atomic E-state index is 12.0. The minimum atomic E-state index is -1.28. The van der Waals surface area contributed by atoms with Gasteiger partial charge in [0.15, 0.2) is 0 Å². The van der Waals surface area contributed by atoms with Crippen molar-refractivity contribution in [3.63, 3.8) is 0 Å². The maximum Gasteiger partial charge on any atom is 1.00 e. The number of allylic oxidation sites excluding steroid dienone is 3. The van der Waals surface area contributed by atoms with Gasteiger partial charge in [0.25, 0.3) is 0 Å². The molecule has 1 aliphatic heterocycles. The molecule has 2 unspecified atom stereocenters. The Morgan fingerprint density at radius 2 is 2.33 bits per heavy atom. The number of imide groups is 1. The summed E-state index contributed by atoms with van der Waals surface area (Å²) in [6.45, 7) is 3.58. The largest absolute Gasteiger partial charge is 1.00 e. The van der Waals surface area contributed by atoms with E-state index < -0.39 is 23.3 Å². The molecule has 0 saturated heterocycles. The van der Waals surface area contributed by atoms with Crippen LogP contribution in [0.4, 0.5) is 4.79 Å². The summed E-state index contributed by atoms with van der Waals surface area (Å²) in [5.41, 5.74) is -1.28. The molecule has 5 nitrogen and oxygen atoms in total. The van der Waals surface area contributed by atoms with Crippen LogP contribution >= 0.6 is 0 Å². The van der Waals surface area contributed by atoms with Gasteiger partial charge in [-0.1, -0.05) is 18.2 Å². The summed E-state index contributed by atoms with van der Waals surface area (Å²) in [5.74, 6) is -1.41. The van der Waals surface area contributed by atoms with Gasteiger partial charge in [-0.05, 0) is 31.1 Å². The minimum absolute atomic E-state index is 0. The molecular weight excluding hydrogens is 243 g/mol. The van der Waals surface area contributed by atoms with Gasteiger partial charge in [-0.15, -0.1) is 6.58 Å². The number of urea groups is 1. The number of nitrogens with one attached hydrogen (secondary N) is 1. The van der Waals surface area contributed by atoms with Crippen LogP contribution in [-0.2, 0) is 4.79 Å². The van der Waals surface area contributed by atoms with Gasteiger partial charge >= 0.3 is 35.6 Å². The van der Waals surface area contributed by atoms with Crippen molar-refractivity contribution in [3.8, 4) is 0 Å². The van der Waals surface area contributed by atoms with E-state index in [0.717, 1.165) is 12.8 Å². The standard InChI is InChI=1S/C12H14N2O3.Na/c1-2-7-12(8-5-3-4-6-8)9(15)13-11(17)14-10(12)16;/h2-3,5,8H,1,4,6-7H2,(H2,13,14,15,16,17);/q;+1/p-1. The molecule has 0 bridgehead atoms. The SMILES string of the molecule is C=CCC1(C2C=CCC2)C(=O)NC(=O)N=C1[O-].[Na+]. The first-order chi connectivity index (χ1) is 8.11. The summed E-state index contributed by atoms with van der Waals surface area (Å²) in [7, 11) is 0. The van der Waals surface area contributed by atoms with E-state index in [-0.39, 0.29) is 41.9 Å². The second-order valence-electron chi connectivity index (χ2n) is 4.25. The molecule has 2 rings (SSSR count). The van der Waals surface area contributed by atoms with Crippen LogP contribution in [0.15, 0.2) is 29.8 Å². The first-order valence-corrected chi connectivity index (χ1v) is 5.50. The second kappa shape index (κ2) is 5.82. The van der Waals surface area contributed by atoms with Gasteiger partial charge in [0.2, 0.25) is 5.91 Å². The van der Waals surface area contributed by atoms with Crippen molar-refractivity contribution in [1.29, 1.82) is 0 Å². The topological polar surface area (TPSA) is 81.6 Å². The van der Waals surface area contributed by atoms with Gasteiger partial charge in [0.1, 0.15) is 0 Å². The monoisotopic (exact) mass is 256 g/mol. The summed E-state index contributed by atoms with van der Waals surface area (Å²) in [4.78, 5) is 26.4. The molecule has 0 aromatic carbocycles. The Hall–Kier alpha value is -0.910. The van der Waals surface area contributed by atoms with Crippen molar-refractivity contribution < 1.29 is 44.3 Å². The van der Waals surface area contributed by atoms with Crippen LogP contribution < -0.4 is 40.0 Å². The van der Waals surface area contributed by atoms with Crippen molar-refractivity contribution in [2.45, 2.75) is 19.3 Å². The molecule has 0 radical (unpaired) electrons. The van der Waals surface area contributed by atoms with E-state index in [1.54, 1.807) is 0 Å². The van der Waals surface area contributed by atoms with Gasteiger partial charge in [-0.25, -0.2) is 9.79 Å². The smallest absolute Gasteiger partial charge is 0.861 e. The third-order valence-electron chi connectivity index (χ3n) is 3.32. The van der Waals surface area contributed by atoms with E-state index in [1.165, 1.54) is 6.08 Å². The van der Waals surface area contributed by atoms with Gasteiger partial charge in [-0.3, -0.25) is 10.1 Å². The first-order valence-electron chi connectivity index (χ1n) is 5.50. The number of aliphatic imine (C=N–C) groups is 1. The predicted octanol–water partition coefficient (Wildman–Crippen LogP) is -2.47. The van der Waals surface area contributed by atoms with Gasteiger partial charge in [-0.2, -0.15) is 0 Å². The van der Waals surface area contributed by atoms with Crippen molar-refractivity contribution >= 4 is 17.8 Å². The molecule has 0 aromatic rings. The molecule has 3 amide bonds. The summed E-state index contributed by atoms with van der Waals surface area (Å²) in [6.07, 6.45) is 7.06. The van der Waals surface area contributed by atoms with E-state index in [2.05, 4.69) is 16.9 Å². The summed E-state index contributed by atoms with van der Waals surface area (Å²) < 4.78 is 0. The molecule has 1 aliphatic carbocycles. The quantitative estimate of drug-likeness (QED) is 0.449. The Balaban J connectivity index is 0.00000162. The zero-order chi connectivity index (χ0) is 12.5. The average molecular weight is 256 g/mol. The Morgan fingerprint density at radius 1 is 1.61 bits per heavy atom. The van der Waals surface area contributed by atoms with Gasteiger partial charge < -0.3 is 5.11 Å². The fourth-order valence-corrected chi connectivity index (χ4v) is 2.45. The van der Waals surface area contributed by atoms with E-state index >= 15 is 0 Å². The number of rotatable bonds is 3. The summed E-state index contributed by atoms with van der Waals surface area (Å²) in [6, 6.07) is -0.873. The van der Waals surface area contributed by atoms with E-state index in [4.69, 9.17) is 0 Å². The van der Waals surface area contributed by atoms with Gasteiger partial charge in [0, 0.05) is 0 Å². The molecule has 0 spiro atoms. The number of carbonyl (C=O) groups excluding carboxylic acids is 2. The van der Waals surface area contributed by atoms with Crippen LogP contribution in [0.25, 0.3) is 0 Å². The molecular formula is C12H13N2NaO3. The normalized spacial score (nSPS) is 30.4. The van der Waals surface area contributed by atoms with Crippen LogP contribution in [0, 0.1) is 11.3 Å². The van der Waals surface area contributed by atoms with Gasteiger partial charge in [0.05, 0.1) is 5.41 Å². The Kier molecular flexibility index (Phi) is 4.90. The van der Waals surface area contributed by atoms with Crippen LogP contribution in [0.3, 0.4) is 0 Å². The number of carbonyl (C=O) groups is 2. The van der Waals surface area contributed by atoms with Crippen LogP contribution in [-0.4, -0.2) is 17.8 Å². The number of nitrogens with zero attached hydrogens (tertiary/aromatic N) is 1. The molecule has 0 fully saturated rings. The molecule has 90 valence electrons. The molecule has 1 N–H and O–H groups in total. The molecule has 1 heterocycles. The molecule has 2 aliphatic rings. The number of hydrogen-bond acceptors (Lipinski definition) is 3. The molecule has 0 aromatic heterocycles. The fourth-order valence-electron chi connectivity index (χ4n) is 2.45. The Morgan fingerprint density at radius 3 is 2.83 bits per heavy atom. The summed E-state index contributed by atoms with van der Waals surface area (Å²) in [5, 5.41) is 14.1. The minimum Gasteiger partial charge on any atom is -0.861 e. The van der Waals surface area contributed by atoms with Crippen molar-refractivity contribution in [2.24, 2.45) is 16.3 Å². The second-order valence-corrected chi connectivity index (χ2v) is 4.25. The van der Waals surface area contributed by atoms with E-state index in [1.807, 2.05) is 12.2 Å². The van der Waals surface area contributed by atoms with Crippen LogP contribution in [0.2, 0.25) is 0 Å².